The topological polar surface area (TPSA) is 118 Å². The number of ether oxygens (including phenoxy) is 1. The molecule has 8 nitrogen and oxygen atoms in total. The number of aromatic nitrogens is 1. The van der Waals surface area contributed by atoms with Gasteiger partial charge >= 0.3 is 0 Å². The number of hydrogen-bond acceptors (Lipinski definition) is 6. The van der Waals surface area contributed by atoms with Crippen molar-refractivity contribution >= 4 is 27.5 Å². The Kier molecular flexibility index (Phi) is 7.79. The smallest absolute Gasteiger partial charge is 0.270 e. The molecule has 30 heavy (non-hydrogen) atoms. The number of rotatable bonds is 8. The minimum Gasteiger partial charge on any atom is -0.394 e. The number of aliphatic hydroxyl groups excluding tert-OH is 1. The second-order valence-corrected chi connectivity index (χ2v) is 9.20. The Morgan fingerprint density at radius 1 is 1.20 bits per heavy atom. The summed E-state index contributed by atoms with van der Waals surface area (Å²) in [5.74, 6) is -0.322. The van der Waals surface area contributed by atoms with Gasteiger partial charge in [-0.3, -0.25) is 9.78 Å². The first-order valence-corrected chi connectivity index (χ1v) is 11.5. The monoisotopic (exact) mass is 453 g/mol. The van der Waals surface area contributed by atoms with E-state index in [-0.39, 0.29) is 36.1 Å². The van der Waals surface area contributed by atoms with E-state index in [0.29, 0.717) is 30.0 Å². The van der Waals surface area contributed by atoms with E-state index >= 15 is 0 Å². The van der Waals surface area contributed by atoms with Crippen molar-refractivity contribution in [1.29, 1.82) is 0 Å². The van der Waals surface area contributed by atoms with Gasteiger partial charge in [-0.15, -0.1) is 0 Å². The van der Waals surface area contributed by atoms with Gasteiger partial charge in [0.25, 0.3) is 5.91 Å². The minimum atomic E-state index is -3.63. The number of pyridine rings is 1. The molecular formula is C20H24ClN3O5S. The summed E-state index contributed by atoms with van der Waals surface area (Å²) in [5.41, 5.74) is 0.299. The fraction of sp³-hybridized carbons (Fsp3) is 0.400. The van der Waals surface area contributed by atoms with Gasteiger partial charge in [-0.1, -0.05) is 17.7 Å². The second-order valence-electron chi connectivity index (χ2n) is 6.99. The van der Waals surface area contributed by atoms with Gasteiger partial charge in [-0.2, -0.15) is 0 Å². The molecule has 0 aliphatic carbocycles. The summed E-state index contributed by atoms with van der Waals surface area (Å²) in [6.45, 7) is -0.0566. The van der Waals surface area contributed by atoms with Crippen molar-refractivity contribution in [1.82, 2.24) is 15.0 Å². The lowest BCUT2D eigenvalue weighted by atomic mass is 9.97. The quantitative estimate of drug-likeness (QED) is 0.560. The molecular weight excluding hydrogens is 430 g/mol. The summed E-state index contributed by atoms with van der Waals surface area (Å²) < 4.78 is 33.1. The average Bonchev–Trinajstić information content (AvgIpc) is 2.75. The zero-order chi connectivity index (χ0) is 21.6. The summed E-state index contributed by atoms with van der Waals surface area (Å²) in [4.78, 5) is 16.5. The number of benzene rings is 1. The van der Waals surface area contributed by atoms with Crippen molar-refractivity contribution in [3.8, 4) is 0 Å². The first kappa shape index (κ1) is 22.6. The molecule has 0 spiro atoms. The third-order valence-electron chi connectivity index (χ3n) is 4.89. The highest BCUT2D eigenvalue weighted by atomic mass is 35.5. The van der Waals surface area contributed by atoms with Crippen LogP contribution in [0, 0.1) is 0 Å². The van der Waals surface area contributed by atoms with Gasteiger partial charge in [0, 0.05) is 17.8 Å². The molecule has 0 unspecified atom stereocenters. The van der Waals surface area contributed by atoms with E-state index in [2.05, 4.69) is 15.0 Å². The first-order valence-electron chi connectivity index (χ1n) is 9.62. The number of hydrogen-bond donors (Lipinski definition) is 3. The Bertz CT molecular complexity index is 941. The maximum absolute atomic E-state index is 12.3. The van der Waals surface area contributed by atoms with E-state index in [1.807, 2.05) is 0 Å². The van der Waals surface area contributed by atoms with Crippen LogP contribution in [0.1, 0.15) is 29.8 Å². The van der Waals surface area contributed by atoms with Crippen molar-refractivity contribution in [3.63, 3.8) is 0 Å². The normalized spacial score (nSPS) is 21.9. The van der Waals surface area contributed by atoms with Gasteiger partial charge in [0.05, 0.1) is 23.6 Å². The predicted octanol–water partition coefficient (Wildman–Crippen LogP) is 1.74. The molecule has 0 saturated carbocycles. The van der Waals surface area contributed by atoms with Crippen LogP contribution >= 0.6 is 11.6 Å². The predicted molar refractivity (Wildman–Crippen MR) is 112 cm³/mol. The number of halogens is 1. The van der Waals surface area contributed by atoms with Crippen molar-refractivity contribution in [2.24, 2.45) is 0 Å². The number of amides is 1. The molecule has 1 aromatic carbocycles. The summed E-state index contributed by atoms with van der Waals surface area (Å²) in [6.07, 6.45) is 2.44. The van der Waals surface area contributed by atoms with Crippen LogP contribution in [0.4, 0.5) is 0 Å². The Balaban J connectivity index is 1.49. The fourth-order valence-electron chi connectivity index (χ4n) is 3.30. The Labute approximate surface area is 180 Å². The molecule has 1 amide bonds. The Hall–Kier alpha value is -2.04. The van der Waals surface area contributed by atoms with Gasteiger partial charge in [0.15, 0.2) is 0 Å². The molecule has 1 aromatic heterocycles. The molecule has 2 aromatic rings. The van der Waals surface area contributed by atoms with Gasteiger partial charge in [0.1, 0.15) is 11.8 Å². The van der Waals surface area contributed by atoms with E-state index in [9.17, 15) is 18.3 Å². The molecule has 0 radical (unpaired) electrons. The number of carbonyl (C=O) groups is 1. The van der Waals surface area contributed by atoms with E-state index in [1.54, 1.807) is 18.2 Å². The zero-order valence-corrected chi connectivity index (χ0v) is 17.8. The molecule has 3 N–H and O–H groups in total. The molecule has 2 heterocycles. The zero-order valence-electron chi connectivity index (χ0n) is 16.2. The summed E-state index contributed by atoms with van der Waals surface area (Å²) in [5, 5.41) is 13.0. The Morgan fingerprint density at radius 3 is 2.63 bits per heavy atom. The average molecular weight is 454 g/mol. The molecule has 3 atom stereocenters. The van der Waals surface area contributed by atoms with Crippen molar-refractivity contribution < 1.29 is 23.1 Å². The summed E-state index contributed by atoms with van der Waals surface area (Å²) in [7, 11) is -3.63. The lowest BCUT2D eigenvalue weighted by Crippen LogP contribution is -2.51. The van der Waals surface area contributed by atoms with Crippen LogP contribution in [-0.2, 0) is 14.8 Å². The van der Waals surface area contributed by atoms with Crippen molar-refractivity contribution in [3.05, 3.63) is 59.4 Å². The molecule has 1 fully saturated rings. The molecule has 1 aliphatic rings. The number of aliphatic hydroxyl groups is 1. The van der Waals surface area contributed by atoms with E-state index in [4.69, 9.17) is 16.3 Å². The van der Waals surface area contributed by atoms with E-state index in [1.165, 1.54) is 30.5 Å². The lowest BCUT2D eigenvalue weighted by molar-refractivity contribution is -0.0891. The van der Waals surface area contributed by atoms with Gasteiger partial charge in [0.2, 0.25) is 10.0 Å². The van der Waals surface area contributed by atoms with Gasteiger partial charge in [-0.25, -0.2) is 13.1 Å². The highest BCUT2D eigenvalue weighted by Gasteiger charge is 2.32. The molecule has 162 valence electrons. The summed E-state index contributed by atoms with van der Waals surface area (Å²) in [6, 6.07) is 10.6. The number of sulfonamides is 1. The molecule has 0 bridgehead atoms. The SMILES string of the molecule is O=C(N[C@H]1CC[C@@H](CCNS(=O)(=O)c2ccc(Cl)cc2)O[C@H]1CO)c1ccccn1. The highest BCUT2D eigenvalue weighted by molar-refractivity contribution is 7.89. The van der Waals surface area contributed by atoms with Crippen LogP contribution in [-0.4, -0.2) is 55.8 Å². The molecule has 3 rings (SSSR count). The molecule has 10 heteroatoms. The lowest BCUT2D eigenvalue weighted by Gasteiger charge is -2.36. The minimum absolute atomic E-state index is 0.141. The second kappa shape index (κ2) is 10.3. The summed E-state index contributed by atoms with van der Waals surface area (Å²) >= 11 is 5.79. The Morgan fingerprint density at radius 2 is 1.97 bits per heavy atom. The van der Waals surface area contributed by atoms with Crippen LogP contribution in [0.3, 0.4) is 0 Å². The molecule has 1 saturated heterocycles. The van der Waals surface area contributed by atoms with E-state index in [0.717, 1.165) is 0 Å². The highest BCUT2D eigenvalue weighted by Crippen LogP contribution is 2.22. The third-order valence-corrected chi connectivity index (χ3v) is 6.62. The van der Waals surface area contributed by atoms with Crippen molar-refractivity contribution in [2.45, 2.75) is 42.4 Å². The maximum Gasteiger partial charge on any atom is 0.270 e. The molecule has 1 aliphatic heterocycles. The van der Waals surface area contributed by atoms with E-state index < -0.39 is 16.1 Å². The fourth-order valence-corrected chi connectivity index (χ4v) is 4.47. The number of nitrogens with zero attached hydrogens (tertiary/aromatic N) is 1. The maximum atomic E-state index is 12.3. The van der Waals surface area contributed by atoms with Crippen LogP contribution < -0.4 is 10.0 Å². The van der Waals surface area contributed by atoms with Crippen LogP contribution in [0.15, 0.2) is 53.6 Å². The largest absolute Gasteiger partial charge is 0.394 e. The van der Waals surface area contributed by atoms with Crippen molar-refractivity contribution in [2.75, 3.05) is 13.2 Å². The standard InChI is InChI=1S/C20H24ClN3O5S/c21-14-4-7-16(8-5-14)30(27,28)23-12-10-15-6-9-17(19(13-25)29-15)24-20(26)18-3-1-2-11-22-18/h1-5,7-8,11,15,17,19,23,25H,6,9-10,12-13H2,(H,24,26)/t15-,17-,19-/m0/s1. The van der Waals surface area contributed by atoms with Gasteiger partial charge < -0.3 is 15.2 Å². The van der Waals surface area contributed by atoms with Crippen LogP contribution in [0.5, 0.6) is 0 Å². The number of nitrogens with one attached hydrogen (secondary N) is 2. The first-order chi connectivity index (χ1) is 14.4. The van der Waals surface area contributed by atoms with Crippen LogP contribution in [0.25, 0.3) is 0 Å². The van der Waals surface area contributed by atoms with Crippen LogP contribution in [0.2, 0.25) is 5.02 Å². The number of carbonyl (C=O) groups excluding carboxylic acids is 1. The third kappa shape index (κ3) is 5.99. The van der Waals surface area contributed by atoms with Gasteiger partial charge in [-0.05, 0) is 55.7 Å².